The summed E-state index contributed by atoms with van der Waals surface area (Å²) >= 11 is 5.73. The van der Waals surface area contributed by atoms with E-state index in [-0.39, 0.29) is 29.7 Å². The first-order valence-electron chi connectivity index (χ1n) is 6.34. The number of carbonyl (C=O) groups excluding carboxylic acids is 1. The minimum Gasteiger partial charge on any atom is -0.507 e. The van der Waals surface area contributed by atoms with Crippen LogP contribution in [0.5, 0.6) is 5.75 Å². The van der Waals surface area contributed by atoms with Gasteiger partial charge in [0.1, 0.15) is 5.75 Å². The number of hydrogen-bond donors (Lipinski definition) is 2. The van der Waals surface area contributed by atoms with Gasteiger partial charge in [-0.3, -0.25) is 9.59 Å². The van der Waals surface area contributed by atoms with Crippen molar-refractivity contribution < 1.29 is 19.8 Å². The van der Waals surface area contributed by atoms with Gasteiger partial charge in [-0.15, -0.1) is 0 Å². The number of carboxylic acids is 1. The molecule has 0 bridgehead atoms. The molecule has 0 aromatic heterocycles. The predicted octanol–water partition coefficient (Wildman–Crippen LogP) is 2.76. The van der Waals surface area contributed by atoms with Crippen LogP contribution in [0, 0.1) is 0 Å². The first-order chi connectivity index (χ1) is 9.32. The highest BCUT2D eigenvalue weighted by Crippen LogP contribution is 2.24. The van der Waals surface area contributed by atoms with Crippen molar-refractivity contribution in [3.63, 3.8) is 0 Å². The van der Waals surface area contributed by atoms with E-state index in [1.165, 1.54) is 23.1 Å². The van der Waals surface area contributed by atoms with Gasteiger partial charge in [0, 0.05) is 24.0 Å². The van der Waals surface area contributed by atoms with Gasteiger partial charge in [0.25, 0.3) is 5.91 Å². The van der Waals surface area contributed by atoms with Crippen LogP contribution in [0.25, 0.3) is 0 Å². The number of aliphatic carboxylic acids is 1. The quantitative estimate of drug-likeness (QED) is 0.846. The fraction of sp³-hybridized carbons (Fsp3) is 0.429. The van der Waals surface area contributed by atoms with Crippen molar-refractivity contribution in [3.8, 4) is 5.75 Å². The minimum atomic E-state index is -0.893. The Bertz CT molecular complexity index is 502. The highest BCUT2D eigenvalue weighted by atomic mass is 35.5. The third-order valence-corrected chi connectivity index (χ3v) is 3.10. The molecule has 0 aliphatic carbocycles. The van der Waals surface area contributed by atoms with Gasteiger partial charge in [-0.05, 0) is 38.5 Å². The van der Waals surface area contributed by atoms with Gasteiger partial charge in [-0.25, -0.2) is 0 Å². The molecule has 1 amide bonds. The molecule has 0 radical (unpaired) electrons. The first-order valence-corrected chi connectivity index (χ1v) is 6.72. The lowest BCUT2D eigenvalue weighted by atomic mass is 10.1. The number of carboxylic acid groups (broad SMARTS) is 1. The minimum absolute atomic E-state index is 0.00308. The lowest BCUT2D eigenvalue weighted by Crippen LogP contribution is -2.38. The van der Waals surface area contributed by atoms with Crippen LogP contribution in [-0.2, 0) is 4.79 Å². The summed E-state index contributed by atoms with van der Waals surface area (Å²) < 4.78 is 0. The fourth-order valence-electron chi connectivity index (χ4n) is 1.84. The van der Waals surface area contributed by atoms with E-state index >= 15 is 0 Å². The number of carbonyl (C=O) groups is 2. The zero-order valence-electron chi connectivity index (χ0n) is 11.5. The molecular formula is C14H18ClNO4. The normalized spacial score (nSPS) is 10.6. The van der Waals surface area contributed by atoms with Crippen LogP contribution in [-0.4, -0.2) is 39.6 Å². The van der Waals surface area contributed by atoms with Crippen molar-refractivity contribution in [2.45, 2.75) is 32.7 Å². The molecule has 20 heavy (non-hydrogen) atoms. The van der Waals surface area contributed by atoms with Crippen LogP contribution in [0.15, 0.2) is 18.2 Å². The number of benzene rings is 1. The molecule has 0 spiro atoms. The highest BCUT2D eigenvalue weighted by molar-refractivity contribution is 6.30. The Morgan fingerprint density at radius 3 is 2.50 bits per heavy atom. The molecule has 1 aromatic rings. The summed E-state index contributed by atoms with van der Waals surface area (Å²) in [5, 5.41) is 18.8. The standard InChI is InChI=1S/C14H18ClNO4/c1-9(2)16(7-3-4-13(18)19)14(20)11-6-5-10(15)8-12(11)17/h5-6,8-9,17H,3-4,7H2,1-2H3,(H,18,19). The van der Waals surface area contributed by atoms with E-state index in [2.05, 4.69) is 0 Å². The molecule has 0 unspecified atom stereocenters. The van der Waals surface area contributed by atoms with Crippen LogP contribution in [0.2, 0.25) is 5.02 Å². The van der Waals surface area contributed by atoms with Crippen molar-refractivity contribution in [1.29, 1.82) is 0 Å². The zero-order chi connectivity index (χ0) is 15.3. The average molecular weight is 300 g/mol. The van der Waals surface area contributed by atoms with Gasteiger partial charge in [0.05, 0.1) is 5.56 Å². The molecule has 0 fully saturated rings. The van der Waals surface area contributed by atoms with Gasteiger partial charge in [0.2, 0.25) is 0 Å². The molecule has 0 saturated heterocycles. The Morgan fingerprint density at radius 1 is 1.35 bits per heavy atom. The van der Waals surface area contributed by atoms with E-state index in [0.29, 0.717) is 18.0 Å². The van der Waals surface area contributed by atoms with Gasteiger partial charge in [-0.2, -0.15) is 0 Å². The third-order valence-electron chi connectivity index (χ3n) is 2.86. The summed E-state index contributed by atoms with van der Waals surface area (Å²) in [6, 6.07) is 4.22. The zero-order valence-corrected chi connectivity index (χ0v) is 12.2. The second kappa shape index (κ2) is 7.14. The van der Waals surface area contributed by atoms with E-state index in [1.54, 1.807) is 0 Å². The molecule has 6 heteroatoms. The number of hydrogen-bond acceptors (Lipinski definition) is 3. The molecule has 1 aromatic carbocycles. The summed E-state index contributed by atoms with van der Waals surface area (Å²) in [6.07, 6.45) is 0.372. The summed E-state index contributed by atoms with van der Waals surface area (Å²) in [4.78, 5) is 24.4. The number of rotatable bonds is 6. The maximum Gasteiger partial charge on any atom is 0.303 e. The number of halogens is 1. The lowest BCUT2D eigenvalue weighted by Gasteiger charge is -2.27. The highest BCUT2D eigenvalue weighted by Gasteiger charge is 2.21. The Morgan fingerprint density at radius 2 is 2.00 bits per heavy atom. The van der Waals surface area contributed by atoms with Gasteiger partial charge in [-0.1, -0.05) is 11.6 Å². The molecule has 1 rings (SSSR count). The van der Waals surface area contributed by atoms with E-state index < -0.39 is 5.97 Å². The molecule has 0 aliphatic rings. The van der Waals surface area contributed by atoms with Crippen LogP contribution in [0.3, 0.4) is 0 Å². The Kier molecular flexibility index (Phi) is 5.82. The molecule has 2 N–H and O–H groups in total. The Balaban J connectivity index is 2.85. The topological polar surface area (TPSA) is 77.8 Å². The summed E-state index contributed by atoms with van der Waals surface area (Å²) in [5.41, 5.74) is 0.165. The molecule has 0 aliphatic heterocycles. The maximum atomic E-state index is 12.4. The van der Waals surface area contributed by atoms with Gasteiger partial charge >= 0.3 is 5.97 Å². The van der Waals surface area contributed by atoms with Crippen molar-refractivity contribution in [2.75, 3.05) is 6.54 Å². The number of aromatic hydroxyl groups is 1. The van der Waals surface area contributed by atoms with Crippen LogP contribution in [0.4, 0.5) is 0 Å². The Hall–Kier alpha value is -1.75. The SMILES string of the molecule is CC(C)N(CCCC(=O)O)C(=O)c1ccc(Cl)cc1O. The number of nitrogens with zero attached hydrogens (tertiary/aromatic N) is 1. The van der Waals surface area contributed by atoms with Crippen LogP contribution >= 0.6 is 11.6 Å². The molecule has 0 atom stereocenters. The third kappa shape index (κ3) is 4.42. The largest absolute Gasteiger partial charge is 0.507 e. The van der Waals surface area contributed by atoms with Crippen molar-refractivity contribution >= 4 is 23.5 Å². The second-order valence-corrected chi connectivity index (χ2v) is 5.19. The van der Waals surface area contributed by atoms with E-state index in [1.807, 2.05) is 13.8 Å². The summed E-state index contributed by atoms with van der Waals surface area (Å²) in [5.74, 6) is -1.40. The van der Waals surface area contributed by atoms with E-state index in [9.17, 15) is 14.7 Å². The van der Waals surface area contributed by atoms with Gasteiger partial charge < -0.3 is 15.1 Å². The Labute approximate surface area is 122 Å². The first kappa shape index (κ1) is 16.3. The maximum absolute atomic E-state index is 12.4. The van der Waals surface area contributed by atoms with E-state index in [0.717, 1.165) is 0 Å². The molecule has 0 saturated carbocycles. The lowest BCUT2D eigenvalue weighted by molar-refractivity contribution is -0.137. The predicted molar refractivity (Wildman–Crippen MR) is 76.2 cm³/mol. The van der Waals surface area contributed by atoms with Crippen molar-refractivity contribution in [2.24, 2.45) is 0 Å². The smallest absolute Gasteiger partial charge is 0.303 e. The molecule has 0 heterocycles. The fourth-order valence-corrected chi connectivity index (χ4v) is 2.00. The average Bonchev–Trinajstić information content (AvgIpc) is 2.33. The number of amides is 1. The monoisotopic (exact) mass is 299 g/mol. The molecular weight excluding hydrogens is 282 g/mol. The molecule has 110 valence electrons. The van der Waals surface area contributed by atoms with E-state index in [4.69, 9.17) is 16.7 Å². The summed E-state index contributed by atoms with van der Waals surface area (Å²) in [7, 11) is 0. The summed E-state index contributed by atoms with van der Waals surface area (Å²) in [6.45, 7) is 4.00. The second-order valence-electron chi connectivity index (χ2n) is 4.75. The van der Waals surface area contributed by atoms with Gasteiger partial charge in [0.15, 0.2) is 0 Å². The van der Waals surface area contributed by atoms with Crippen molar-refractivity contribution in [3.05, 3.63) is 28.8 Å². The molecule has 5 nitrogen and oxygen atoms in total. The number of phenols is 1. The van der Waals surface area contributed by atoms with Crippen LogP contribution < -0.4 is 0 Å². The van der Waals surface area contributed by atoms with Crippen molar-refractivity contribution in [1.82, 2.24) is 4.90 Å². The van der Waals surface area contributed by atoms with Crippen LogP contribution in [0.1, 0.15) is 37.0 Å². The number of phenolic OH excluding ortho intramolecular Hbond substituents is 1.